The molecule has 0 spiro atoms. The molecule has 350 valence electrons. The molecule has 14 rings (SSSR count). The highest BCUT2D eigenvalue weighted by Crippen LogP contribution is 2.42. The number of nitrogen functional groups attached to an aromatic ring is 1. The Hall–Kier alpha value is -9.16. The summed E-state index contributed by atoms with van der Waals surface area (Å²) in [5, 5.41) is 9.76. The number of nitrogens with zero attached hydrogens (tertiary/aromatic N) is 3. The highest BCUT2D eigenvalue weighted by Gasteiger charge is 2.19. The molecule has 0 fully saturated rings. The third kappa shape index (κ3) is 7.51. The second-order valence-corrected chi connectivity index (χ2v) is 20.2. The minimum Gasteiger partial charge on any atom is -0.398 e. The van der Waals surface area contributed by atoms with E-state index in [4.69, 9.17) is 5.73 Å². The highest BCUT2D eigenvalue weighted by atomic mass is 79.9. The molecule has 4 nitrogen and oxygen atoms in total. The summed E-state index contributed by atoms with van der Waals surface area (Å²) in [6, 6.07) is 94.7. The van der Waals surface area contributed by atoms with Crippen molar-refractivity contribution in [1.82, 2.24) is 9.13 Å². The largest absolute Gasteiger partial charge is 0.398 e. The fourth-order valence-electron chi connectivity index (χ4n) is 11.4. The van der Waals surface area contributed by atoms with Crippen molar-refractivity contribution in [2.45, 2.75) is 6.54 Å². The molecule has 0 amide bonds. The van der Waals surface area contributed by atoms with Gasteiger partial charge >= 0.3 is 0 Å². The quantitative estimate of drug-likeness (QED) is 0.146. The van der Waals surface area contributed by atoms with Crippen LogP contribution in [0.2, 0.25) is 0 Å². The van der Waals surface area contributed by atoms with Gasteiger partial charge in [-0.1, -0.05) is 168 Å². The first-order valence-corrected chi connectivity index (χ1v) is 25.9. The molecule has 0 saturated carbocycles. The standard InChI is InChI=1S/C69H47BrN4/c70-54-38-52(49-27-35-67-63(42-49)61-20-8-11-23-66(61)72(67)44-51-17-5-6-18-59(51)60-19-7-10-22-65(60)71)37-53(39-54)50-28-36-69-64(43-50)62-21-9-12-24-68(62)74(69)56-33-31-55(32-34-56)73(57-29-25-45-13-1-3-15-47(45)40-57)58-30-26-46-14-2-4-16-48(46)41-58/h1-43H,44,71H2. The average molecular weight is 1010 g/mol. The van der Waals surface area contributed by atoms with E-state index in [9.17, 15) is 0 Å². The van der Waals surface area contributed by atoms with E-state index in [1.807, 2.05) is 12.1 Å². The molecule has 0 aliphatic rings. The van der Waals surface area contributed by atoms with Gasteiger partial charge in [-0.05, 0) is 164 Å². The number of hydrogen-bond acceptors (Lipinski definition) is 2. The number of nitrogens with two attached hydrogens (primary N) is 1. The van der Waals surface area contributed by atoms with Gasteiger partial charge in [0, 0.05) is 77.6 Å². The number of benzene rings is 12. The Morgan fingerprint density at radius 1 is 0.351 bits per heavy atom. The van der Waals surface area contributed by atoms with Crippen LogP contribution in [0.15, 0.2) is 265 Å². The maximum Gasteiger partial charge on any atom is 0.0541 e. The van der Waals surface area contributed by atoms with Gasteiger partial charge in [-0.3, -0.25) is 0 Å². The zero-order chi connectivity index (χ0) is 49.3. The van der Waals surface area contributed by atoms with Crippen LogP contribution in [0.1, 0.15) is 5.56 Å². The van der Waals surface area contributed by atoms with Crippen LogP contribution >= 0.6 is 15.9 Å². The maximum atomic E-state index is 6.52. The highest BCUT2D eigenvalue weighted by molar-refractivity contribution is 9.10. The van der Waals surface area contributed by atoms with Gasteiger partial charge in [-0.15, -0.1) is 0 Å². The summed E-state index contributed by atoms with van der Waals surface area (Å²) in [7, 11) is 0. The van der Waals surface area contributed by atoms with Crippen molar-refractivity contribution in [2.24, 2.45) is 0 Å². The van der Waals surface area contributed by atoms with Crippen LogP contribution in [0.5, 0.6) is 0 Å². The van der Waals surface area contributed by atoms with Gasteiger partial charge < -0.3 is 19.8 Å². The van der Waals surface area contributed by atoms with E-state index in [1.54, 1.807) is 0 Å². The van der Waals surface area contributed by atoms with Gasteiger partial charge in [0.05, 0.1) is 11.0 Å². The Labute approximate surface area is 437 Å². The molecule has 2 heterocycles. The first-order chi connectivity index (χ1) is 36.5. The lowest BCUT2D eigenvalue weighted by Crippen LogP contribution is -2.10. The zero-order valence-corrected chi connectivity index (χ0v) is 41.9. The Kier molecular flexibility index (Phi) is 10.5. The second-order valence-electron chi connectivity index (χ2n) is 19.3. The molecule has 0 aliphatic heterocycles. The molecule has 14 aromatic rings. The van der Waals surface area contributed by atoms with Crippen LogP contribution < -0.4 is 10.6 Å². The van der Waals surface area contributed by atoms with E-state index in [1.165, 1.54) is 70.8 Å². The molecule has 0 bridgehead atoms. The predicted octanol–water partition coefficient (Wildman–Crippen LogP) is 19.1. The molecule has 2 N–H and O–H groups in total. The third-order valence-corrected chi connectivity index (χ3v) is 15.4. The van der Waals surface area contributed by atoms with Crippen molar-refractivity contribution in [1.29, 1.82) is 0 Å². The summed E-state index contributed by atoms with van der Waals surface area (Å²) in [6.07, 6.45) is 0. The van der Waals surface area contributed by atoms with E-state index in [2.05, 4.69) is 279 Å². The number of rotatable bonds is 9. The Balaban J connectivity index is 0.826. The number of anilines is 4. The summed E-state index contributed by atoms with van der Waals surface area (Å²) in [5.41, 5.74) is 24.6. The van der Waals surface area contributed by atoms with Crippen molar-refractivity contribution < 1.29 is 0 Å². The van der Waals surface area contributed by atoms with E-state index in [-0.39, 0.29) is 0 Å². The first kappa shape index (κ1) is 43.6. The molecule has 74 heavy (non-hydrogen) atoms. The third-order valence-electron chi connectivity index (χ3n) is 15.0. The average Bonchev–Trinajstić information content (AvgIpc) is 3.98. The Morgan fingerprint density at radius 3 is 1.50 bits per heavy atom. The number of para-hydroxylation sites is 3. The van der Waals surface area contributed by atoms with Gasteiger partial charge in [-0.25, -0.2) is 0 Å². The fourth-order valence-corrected chi connectivity index (χ4v) is 11.9. The summed E-state index contributed by atoms with van der Waals surface area (Å²) in [5.74, 6) is 0. The van der Waals surface area contributed by atoms with Gasteiger partial charge in [0.2, 0.25) is 0 Å². The normalized spacial score (nSPS) is 11.7. The zero-order valence-electron chi connectivity index (χ0n) is 40.3. The van der Waals surface area contributed by atoms with E-state index >= 15 is 0 Å². The van der Waals surface area contributed by atoms with E-state index < -0.39 is 0 Å². The summed E-state index contributed by atoms with van der Waals surface area (Å²) in [4.78, 5) is 2.37. The molecular weight excluding hydrogens is 965 g/mol. The molecule has 2 aromatic heterocycles. The van der Waals surface area contributed by atoms with E-state index in [0.29, 0.717) is 0 Å². The number of fused-ring (bicyclic) bond motifs is 8. The molecule has 0 atom stereocenters. The van der Waals surface area contributed by atoms with Crippen LogP contribution in [0.25, 0.3) is 104 Å². The molecule has 0 radical (unpaired) electrons. The SMILES string of the molecule is Nc1ccccc1-c1ccccc1Cn1c2ccccc2c2cc(-c3cc(Br)cc(-c4ccc5c(c4)c4ccccc4n5-c4ccc(N(c5ccc6ccccc6c5)c5ccc6ccccc6c5)cc4)c3)ccc21. The monoisotopic (exact) mass is 1010 g/mol. The van der Waals surface area contributed by atoms with Crippen molar-refractivity contribution in [2.75, 3.05) is 10.6 Å². The van der Waals surface area contributed by atoms with Gasteiger partial charge in [0.15, 0.2) is 0 Å². The van der Waals surface area contributed by atoms with Crippen molar-refractivity contribution in [3.8, 4) is 39.1 Å². The van der Waals surface area contributed by atoms with Crippen LogP contribution in [0.4, 0.5) is 22.7 Å². The molecular formula is C69H47BrN4. The van der Waals surface area contributed by atoms with Crippen molar-refractivity contribution >= 4 is 104 Å². The predicted molar refractivity (Wildman–Crippen MR) is 317 cm³/mol. The van der Waals surface area contributed by atoms with Crippen LogP contribution in [0.3, 0.4) is 0 Å². The minimum atomic E-state index is 0.718. The molecule has 12 aromatic carbocycles. The summed E-state index contributed by atoms with van der Waals surface area (Å²) < 4.78 is 5.89. The van der Waals surface area contributed by atoms with Gasteiger partial charge in [0.1, 0.15) is 0 Å². The smallest absolute Gasteiger partial charge is 0.0541 e. The topological polar surface area (TPSA) is 39.1 Å². The molecule has 5 heteroatoms. The lowest BCUT2D eigenvalue weighted by molar-refractivity contribution is 0.871. The Bertz CT molecular complexity index is 4430. The van der Waals surface area contributed by atoms with Gasteiger partial charge in [-0.2, -0.15) is 0 Å². The maximum absolute atomic E-state index is 6.52. The molecule has 0 aliphatic carbocycles. The summed E-state index contributed by atoms with van der Waals surface area (Å²) in [6.45, 7) is 0.718. The molecule has 0 saturated heterocycles. The van der Waals surface area contributed by atoms with Crippen LogP contribution in [-0.4, -0.2) is 9.13 Å². The molecule has 0 unspecified atom stereocenters. The lowest BCUT2D eigenvalue weighted by Gasteiger charge is -2.26. The van der Waals surface area contributed by atoms with Crippen LogP contribution in [0, 0.1) is 0 Å². The summed E-state index contributed by atoms with van der Waals surface area (Å²) >= 11 is 3.94. The number of aromatic nitrogens is 2. The first-order valence-electron chi connectivity index (χ1n) is 25.2. The van der Waals surface area contributed by atoms with Crippen molar-refractivity contribution in [3.63, 3.8) is 0 Å². The fraction of sp³-hybridized carbons (Fsp3) is 0.0145. The lowest BCUT2D eigenvalue weighted by atomic mass is 9.97. The minimum absolute atomic E-state index is 0.718. The Morgan fingerprint density at radius 2 is 0.838 bits per heavy atom. The van der Waals surface area contributed by atoms with E-state index in [0.717, 1.165) is 72.8 Å². The van der Waals surface area contributed by atoms with Gasteiger partial charge in [0.25, 0.3) is 0 Å². The second kappa shape index (κ2) is 17.9. The van der Waals surface area contributed by atoms with Crippen molar-refractivity contribution in [3.05, 3.63) is 271 Å². The van der Waals surface area contributed by atoms with Crippen LogP contribution in [-0.2, 0) is 6.54 Å². The number of halogens is 1. The number of hydrogen-bond donors (Lipinski definition) is 1.